The van der Waals surface area contributed by atoms with E-state index in [2.05, 4.69) is 9.97 Å². The van der Waals surface area contributed by atoms with Crippen LogP contribution in [0.25, 0.3) is 0 Å². The van der Waals surface area contributed by atoms with Crippen LogP contribution in [0.1, 0.15) is 48.8 Å². The smallest absolute Gasteiger partial charge is 0.345 e. The van der Waals surface area contributed by atoms with Crippen LogP contribution in [0.4, 0.5) is 4.39 Å². The molecular formula is C18H19FN2O3. The molecule has 0 N–H and O–H groups in total. The first-order valence-corrected chi connectivity index (χ1v) is 8.09. The van der Waals surface area contributed by atoms with Crippen molar-refractivity contribution in [3.63, 3.8) is 0 Å². The van der Waals surface area contributed by atoms with Crippen LogP contribution in [0.15, 0.2) is 36.5 Å². The molecule has 0 atom stereocenters. The van der Waals surface area contributed by atoms with E-state index in [1.54, 1.807) is 31.2 Å². The average molecular weight is 330 g/mol. The number of ether oxygens (including phenoxy) is 2. The van der Waals surface area contributed by atoms with Crippen molar-refractivity contribution in [1.29, 1.82) is 0 Å². The predicted octanol–water partition coefficient (Wildman–Crippen LogP) is 4.18. The fourth-order valence-electron chi connectivity index (χ4n) is 2.77. The fraction of sp³-hybridized carbons (Fsp3) is 0.389. The Hall–Kier alpha value is -2.50. The van der Waals surface area contributed by atoms with Crippen LogP contribution in [-0.4, -0.2) is 22.5 Å². The van der Waals surface area contributed by atoms with E-state index in [1.165, 1.54) is 6.20 Å². The summed E-state index contributed by atoms with van der Waals surface area (Å²) in [6.07, 6.45) is 3.66. The van der Waals surface area contributed by atoms with E-state index in [0.717, 1.165) is 12.8 Å². The van der Waals surface area contributed by atoms with Gasteiger partial charge in [0, 0.05) is 6.20 Å². The quantitative estimate of drug-likeness (QED) is 0.770. The van der Waals surface area contributed by atoms with Crippen molar-refractivity contribution in [1.82, 2.24) is 9.97 Å². The van der Waals surface area contributed by atoms with E-state index in [4.69, 9.17) is 9.47 Å². The minimum atomic E-state index is -1.55. The molecule has 5 nitrogen and oxygen atoms in total. The Morgan fingerprint density at radius 2 is 1.96 bits per heavy atom. The lowest BCUT2D eigenvalue weighted by atomic mass is 10.0. The molecule has 1 fully saturated rings. The molecule has 0 aliphatic heterocycles. The number of rotatable bonds is 5. The van der Waals surface area contributed by atoms with Crippen molar-refractivity contribution in [3.05, 3.63) is 47.9 Å². The number of benzene rings is 1. The van der Waals surface area contributed by atoms with Crippen LogP contribution in [0, 0.1) is 0 Å². The van der Waals surface area contributed by atoms with Crippen molar-refractivity contribution in [2.45, 2.75) is 38.3 Å². The van der Waals surface area contributed by atoms with Crippen molar-refractivity contribution in [2.75, 3.05) is 6.61 Å². The van der Waals surface area contributed by atoms with E-state index in [1.807, 2.05) is 6.07 Å². The Bertz CT molecular complexity index is 715. The van der Waals surface area contributed by atoms with Gasteiger partial charge in [-0.1, -0.05) is 18.2 Å². The second kappa shape index (κ2) is 6.95. The van der Waals surface area contributed by atoms with Gasteiger partial charge in [0.15, 0.2) is 11.5 Å². The van der Waals surface area contributed by atoms with Crippen molar-refractivity contribution >= 4 is 5.97 Å². The van der Waals surface area contributed by atoms with Crippen molar-refractivity contribution < 1.29 is 18.7 Å². The van der Waals surface area contributed by atoms with Gasteiger partial charge in [-0.15, -0.1) is 0 Å². The zero-order valence-corrected chi connectivity index (χ0v) is 13.5. The highest BCUT2D eigenvalue weighted by atomic mass is 19.1. The second-order valence-electron chi connectivity index (χ2n) is 5.72. The molecule has 1 saturated carbocycles. The third-order valence-electron chi connectivity index (χ3n) is 4.00. The molecule has 1 aromatic carbocycles. The highest BCUT2D eigenvalue weighted by Crippen LogP contribution is 2.41. The van der Waals surface area contributed by atoms with E-state index >= 15 is 0 Å². The summed E-state index contributed by atoms with van der Waals surface area (Å²) >= 11 is 0. The molecule has 1 aromatic heterocycles. The number of esters is 1. The summed E-state index contributed by atoms with van der Waals surface area (Å²) in [5, 5.41) is 0. The molecule has 0 bridgehead atoms. The maximum absolute atomic E-state index is 14.9. The molecule has 126 valence electrons. The summed E-state index contributed by atoms with van der Waals surface area (Å²) < 4.78 is 25.7. The number of para-hydroxylation sites is 1. The molecule has 0 spiro atoms. The Morgan fingerprint density at radius 1 is 1.25 bits per heavy atom. The van der Waals surface area contributed by atoms with E-state index in [9.17, 15) is 9.18 Å². The lowest BCUT2D eigenvalue weighted by Gasteiger charge is -2.18. The number of alkyl halides is 1. The molecular weight excluding hydrogens is 311 g/mol. The molecule has 1 heterocycles. The first kappa shape index (κ1) is 16.4. The van der Waals surface area contributed by atoms with Gasteiger partial charge in [-0.3, -0.25) is 0 Å². The first-order chi connectivity index (χ1) is 11.6. The normalized spacial score (nSPS) is 15.9. The molecule has 0 radical (unpaired) electrons. The molecule has 6 heteroatoms. The summed E-state index contributed by atoms with van der Waals surface area (Å²) in [6.45, 7) is 1.93. The van der Waals surface area contributed by atoms with Crippen molar-refractivity contribution in [2.24, 2.45) is 0 Å². The molecule has 24 heavy (non-hydrogen) atoms. The number of carbonyl (C=O) groups excluding carboxylic acids is 1. The van der Waals surface area contributed by atoms with Crippen LogP contribution >= 0.6 is 0 Å². The minimum absolute atomic E-state index is 0.0218. The third kappa shape index (κ3) is 3.37. The van der Waals surface area contributed by atoms with Gasteiger partial charge in [0.25, 0.3) is 0 Å². The van der Waals surface area contributed by atoms with Crippen LogP contribution < -0.4 is 4.74 Å². The molecule has 0 amide bonds. The van der Waals surface area contributed by atoms with Crippen LogP contribution in [-0.2, 0) is 10.4 Å². The van der Waals surface area contributed by atoms with Crippen LogP contribution in [0.2, 0.25) is 0 Å². The molecule has 1 aliphatic rings. The van der Waals surface area contributed by atoms with E-state index < -0.39 is 11.6 Å². The van der Waals surface area contributed by atoms with Gasteiger partial charge in [-0.05, 0) is 44.7 Å². The molecule has 0 unspecified atom stereocenters. The summed E-state index contributed by atoms with van der Waals surface area (Å²) in [4.78, 5) is 20.4. The largest absolute Gasteiger partial charge is 0.462 e. The number of carbonyl (C=O) groups is 1. The number of halogens is 1. The molecule has 2 aromatic rings. The number of hydrogen-bond donors (Lipinski definition) is 0. The topological polar surface area (TPSA) is 61.3 Å². The van der Waals surface area contributed by atoms with Crippen LogP contribution in [0.5, 0.6) is 11.6 Å². The summed E-state index contributed by atoms with van der Waals surface area (Å²) in [7, 11) is 0. The zero-order valence-electron chi connectivity index (χ0n) is 13.5. The third-order valence-corrected chi connectivity index (χ3v) is 4.00. The van der Waals surface area contributed by atoms with Gasteiger partial charge in [0.1, 0.15) is 11.3 Å². The van der Waals surface area contributed by atoms with Gasteiger partial charge in [-0.2, -0.15) is 4.98 Å². The number of nitrogens with zero attached hydrogens (tertiary/aromatic N) is 2. The van der Waals surface area contributed by atoms with E-state index in [-0.39, 0.29) is 23.9 Å². The van der Waals surface area contributed by atoms with Gasteiger partial charge in [-0.25, -0.2) is 14.2 Å². The highest BCUT2D eigenvalue weighted by Gasteiger charge is 2.39. The van der Waals surface area contributed by atoms with Gasteiger partial charge in [0.2, 0.25) is 5.88 Å². The number of hydrogen-bond acceptors (Lipinski definition) is 5. The van der Waals surface area contributed by atoms with E-state index in [0.29, 0.717) is 18.6 Å². The van der Waals surface area contributed by atoms with Crippen LogP contribution in [0.3, 0.4) is 0 Å². The van der Waals surface area contributed by atoms with Gasteiger partial charge < -0.3 is 9.47 Å². The lowest BCUT2D eigenvalue weighted by molar-refractivity contribution is 0.0521. The zero-order chi connectivity index (χ0) is 17.0. The summed E-state index contributed by atoms with van der Waals surface area (Å²) in [6, 6.07) is 8.92. The Labute approximate surface area is 139 Å². The average Bonchev–Trinajstić information content (AvgIpc) is 3.04. The second-order valence-corrected chi connectivity index (χ2v) is 5.72. The first-order valence-electron chi connectivity index (χ1n) is 8.09. The maximum Gasteiger partial charge on any atom is 0.345 e. The standard InChI is InChI=1S/C18H19FN2O3/c1-2-23-16(22)14-12-20-17(18(19)10-6-7-11-18)21-15(14)24-13-8-4-3-5-9-13/h3-5,8-9,12H,2,6-7,10-11H2,1H3. The minimum Gasteiger partial charge on any atom is -0.462 e. The molecule has 3 rings (SSSR count). The predicted molar refractivity (Wildman–Crippen MR) is 85.8 cm³/mol. The molecule has 0 saturated heterocycles. The number of aromatic nitrogens is 2. The van der Waals surface area contributed by atoms with Crippen molar-refractivity contribution in [3.8, 4) is 11.6 Å². The molecule has 1 aliphatic carbocycles. The highest BCUT2D eigenvalue weighted by molar-refractivity contribution is 5.91. The monoisotopic (exact) mass is 330 g/mol. The lowest BCUT2D eigenvalue weighted by Crippen LogP contribution is -2.20. The van der Waals surface area contributed by atoms with Gasteiger partial charge >= 0.3 is 5.97 Å². The Morgan fingerprint density at radius 3 is 2.62 bits per heavy atom. The summed E-state index contributed by atoms with van der Waals surface area (Å²) in [5.74, 6) is 0.00824. The maximum atomic E-state index is 14.9. The summed E-state index contributed by atoms with van der Waals surface area (Å²) in [5.41, 5.74) is -1.46. The Balaban J connectivity index is 1.98. The van der Waals surface area contributed by atoms with Gasteiger partial charge in [0.05, 0.1) is 6.61 Å². The Kier molecular flexibility index (Phi) is 4.74. The SMILES string of the molecule is CCOC(=O)c1cnc(C2(F)CCCC2)nc1Oc1ccccc1. The fourth-order valence-corrected chi connectivity index (χ4v) is 2.77.